The molecule has 0 bridgehead atoms. The van der Waals surface area contributed by atoms with Gasteiger partial charge < -0.3 is 10.5 Å². The molecule has 2 aliphatic rings. The van der Waals surface area contributed by atoms with Crippen LogP contribution in [0.2, 0.25) is 0 Å². The van der Waals surface area contributed by atoms with E-state index in [2.05, 4.69) is 0 Å². The molecule has 104 valence electrons. The van der Waals surface area contributed by atoms with Crippen molar-refractivity contribution in [1.29, 1.82) is 0 Å². The summed E-state index contributed by atoms with van der Waals surface area (Å²) in [7, 11) is 0. The van der Waals surface area contributed by atoms with Crippen LogP contribution < -0.4 is 5.73 Å². The maximum atomic E-state index is 12.3. The standard InChI is InChI=1S/C14H25NO2S/c1-13(2,15)10-12(16)11-3-6-17-14(9-11)4-7-18-8-5-14/h11H,3-10,15H2,1-2H3. The third-order valence-corrected chi connectivity index (χ3v) is 4.97. The zero-order chi connectivity index (χ0) is 13.2. The first-order chi connectivity index (χ1) is 8.40. The molecule has 0 aromatic heterocycles. The average molecular weight is 271 g/mol. The van der Waals surface area contributed by atoms with Crippen molar-refractivity contribution in [1.82, 2.24) is 0 Å². The minimum Gasteiger partial charge on any atom is -0.375 e. The molecule has 0 aromatic carbocycles. The number of Topliss-reactive ketones (excluding diaryl/α,β-unsaturated/α-hetero) is 1. The van der Waals surface area contributed by atoms with Gasteiger partial charge in [0.05, 0.1) is 5.60 Å². The molecule has 18 heavy (non-hydrogen) atoms. The van der Waals surface area contributed by atoms with Gasteiger partial charge in [-0.15, -0.1) is 0 Å². The summed E-state index contributed by atoms with van der Waals surface area (Å²) < 4.78 is 6.02. The van der Waals surface area contributed by atoms with E-state index in [4.69, 9.17) is 10.5 Å². The van der Waals surface area contributed by atoms with Gasteiger partial charge >= 0.3 is 0 Å². The number of hydrogen-bond donors (Lipinski definition) is 1. The first kappa shape index (κ1) is 14.4. The second-order valence-corrected chi connectivity index (χ2v) is 7.69. The van der Waals surface area contributed by atoms with Crippen LogP contribution in [0.3, 0.4) is 0 Å². The zero-order valence-corrected chi connectivity index (χ0v) is 12.4. The number of nitrogens with two attached hydrogens (primary N) is 1. The Balaban J connectivity index is 1.95. The SMILES string of the molecule is CC(C)(N)CC(=O)C1CCOC2(CCSCC2)C1. The third kappa shape index (κ3) is 3.72. The van der Waals surface area contributed by atoms with E-state index < -0.39 is 0 Å². The molecule has 0 radical (unpaired) electrons. The summed E-state index contributed by atoms with van der Waals surface area (Å²) >= 11 is 2.00. The fourth-order valence-corrected chi connectivity index (χ4v) is 4.22. The summed E-state index contributed by atoms with van der Waals surface area (Å²) in [5, 5.41) is 0. The van der Waals surface area contributed by atoms with Crippen LogP contribution in [0, 0.1) is 5.92 Å². The first-order valence-electron chi connectivity index (χ1n) is 6.94. The zero-order valence-electron chi connectivity index (χ0n) is 11.5. The number of rotatable bonds is 3. The van der Waals surface area contributed by atoms with Crippen LogP contribution >= 0.6 is 11.8 Å². The third-order valence-electron chi connectivity index (χ3n) is 3.98. The number of hydrogen-bond acceptors (Lipinski definition) is 4. The molecule has 2 aliphatic heterocycles. The van der Waals surface area contributed by atoms with Crippen LogP contribution in [0.1, 0.15) is 46.0 Å². The van der Waals surface area contributed by atoms with Crippen LogP contribution in [-0.2, 0) is 9.53 Å². The Hall–Kier alpha value is -0.0600. The van der Waals surface area contributed by atoms with E-state index in [9.17, 15) is 4.79 Å². The normalized spacial score (nSPS) is 28.3. The minimum absolute atomic E-state index is 0.00255. The Labute approximate surface area is 114 Å². The average Bonchev–Trinajstić information content (AvgIpc) is 2.28. The molecule has 1 atom stereocenters. The van der Waals surface area contributed by atoms with Gasteiger partial charge in [-0.3, -0.25) is 4.79 Å². The second-order valence-electron chi connectivity index (χ2n) is 6.47. The van der Waals surface area contributed by atoms with Crippen molar-refractivity contribution in [3.8, 4) is 0 Å². The highest BCUT2D eigenvalue weighted by Crippen LogP contribution is 2.40. The van der Waals surface area contributed by atoms with Gasteiger partial charge in [0.1, 0.15) is 5.78 Å². The monoisotopic (exact) mass is 271 g/mol. The lowest BCUT2D eigenvalue weighted by molar-refractivity contribution is -0.139. The Kier molecular flexibility index (Phi) is 4.40. The molecule has 0 amide bonds. The van der Waals surface area contributed by atoms with Crippen LogP contribution in [0.4, 0.5) is 0 Å². The Morgan fingerprint density at radius 3 is 2.72 bits per heavy atom. The second kappa shape index (κ2) is 5.51. The van der Waals surface area contributed by atoms with Gasteiger partial charge in [-0.25, -0.2) is 0 Å². The van der Waals surface area contributed by atoms with Gasteiger partial charge in [-0.1, -0.05) is 0 Å². The summed E-state index contributed by atoms with van der Waals surface area (Å²) in [6.45, 7) is 4.60. The molecule has 0 aliphatic carbocycles. The van der Waals surface area contributed by atoms with Crippen molar-refractivity contribution in [2.24, 2.45) is 11.7 Å². The number of carbonyl (C=O) groups excluding carboxylic acids is 1. The molecule has 0 saturated carbocycles. The van der Waals surface area contributed by atoms with E-state index in [-0.39, 0.29) is 17.1 Å². The molecule has 2 N–H and O–H groups in total. The maximum Gasteiger partial charge on any atom is 0.137 e. The predicted molar refractivity (Wildman–Crippen MR) is 75.9 cm³/mol. The smallest absolute Gasteiger partial charge is 0.137 e. The van der Waals surface area contributed by atoms with Crippen molar-refractivity contribution in [3.63, 3.8) is 0 Å². The van der Waals surface area contributed by atoms with Gasteiger partial charge in [0.25, 0.3) is 0 Å². The molecule has 0 aromatic rings. The molecule has 2 fully saturated rings. The molecule has 2 heterocycles. The van der Waals surface area contributed by atoms with E-state index >= 15 is 0 Å². The van der Waals surface area contributed by atoms with Crippen LogP contribution in [-0.4, -0.2) is 35.0 Å². The molecule has 2 rings (SSSR count). The number of ketones is 1. The highest BCUT2D eigenvalue weighted by atomic mass is 32.2. The first-order valence-corrected chi connectivity index (χ1v) is 8.09. The number of ether oxygens (including phenoxy) is 1. The summed E-state index contributed by atoms with van der Waals surface area (Å²) in [4.78, 5) is 12.3. The Morgan fingerprint density at radius 1 is 1.44 bits per heavy atom. The van der Waals surface area contributed by atoms with Crippen molar-refractivity contribution >= 4 is 17.5 Å². The highest BCUT2D eigenvalue weighted by Gasteiger charge is 2.41. The van der Waals surface area contributed by atoms with Crippen molar-refractivity contribution in [2.45, 2.75) is 57.1 Å². The van der Waals surface area contributed by atoms with Crippen molar-refractivity contribution in [2.75, 3.05) is 18.1 Å². The Morgan fingerprint density at radius 2 is 2.11 bits per heavy atom. The lowest BCUT2D eigenvalue weighted by Crippen LogP contribution is -2.46. The van der Waals surface area contributed by atoms with Gasteiger partial charge in [0.2, 0.25) is 0 Å². The van der Waals surface area contributed by atoms with E-state index in [0.717, 1.165) is 32.3 Å². The lowest BCUT2D eigenvalue weighted by atomic mass is 9.78. The van der Waals surface area contributed by atoms with Gasteiger partial charge in [0.15, 0.2) is 0 Å². The van der Waals surface area contributed by atoms with Gasteiger partial charge in [0, 0.05) is 24.5 Å². The summed E-state index contributed by atoms with van der Waals surface area (Å²) in [6.07, 6.45) is 4.50. The van der Waals surface area contributed by atoms with Crippen LogP contribution in [0.15, 0.2) is 0 Å². The predicted octanol–water partition coefficient (Wildman–Crippen LogP) is 2.38. The lowest BCUT2D eigenvalue weighted by Gasteiger charge is -2.43. The highest BCUT2D eigenvalue weighted by molar-refractivity contribution is 7.99. The number of carbonyl (C=O) groups is 1. The molecule has 2 saturated heterocycles. The molecule has 1 spiro atoms. The molecule has 1 unspecified atom stereocenters. The van der Waals surface area contributed by atoms with E-state index in [0.29, 0.717) is 12.2 Å². The Bertz CT molecular complexity index is 300. The largest absolute Gasteiger partial charge is 0.375 e. The molecular formula is C14H25NO2S. The maximum absolute atomic E-state index is 12.3. The minimum atomic E-state index is -0.384. The molecule has 4 heteroatoms. The van der Waals surface area contributed by atoms with Crippen molar-refractivity contribution < 1.29 is 9.53 Å². The summed E-state index contributed by atoms with van der Waals surface area (Å²) in [5.74, 6) is 2.85. The van der Waals surface area contributed by atoms with E-state index in [1.54, 1.807) is 0 Å². The summed E-state index contributed by atoms with van der Waals surface area (Å²) in [5.41, 5.74) is 5.58. The van der Waals surface area contributed by atoms with Crippen molar-refractivity contribution in [3.05, 3.63) is 0 Å². The summed E-state index contributed by atoms with van der Waals surface area (Å²) in [6, 6.07) is 0. The van der Waals surface area contributed by atoms with E-state index in [1.807, 2.05) is 25.6 Å². The molecular weight excluding hydrogens is 246 g/mol. The molecule has 3 nitrogen and oxygen atoms in total. The fraction of sp³-hybridized carbons (Fsp3) is 0.929. The van der Waals surface area contributed by atoms with Gasteiger partial charge in [-0.2, -0.15) is 11.8 Å². The quantitative estimate of drug-likeness (QED) is 0.856. The van der Waals surface area contributed by atoms with E-state index in [1.165, 1.54) is 11.5 Å². The van der Waals surface area contributed by atoms with Crippen LogP contribution in [0.25, 0.3) is 0 Å². The fourth-order valence-electron chi connectivity index (χ4n) is 2.99. The topological polar surface area (TPSA) is 52.3 Å². The van der Waals surface area contributed by atoms with Gasteiger partial charge in [-0.05, 0) is 51.0 Å². The van der Waals surface area contributed by atoms with Crippen LogP contribution in [0.5, 0.6) is 0 Å². The number of thioether (sulfide) groups is 1.